The molecule has 1 N–H and O–H groups in total. The first-order valence-electron chi connectivity index (χ1n) is 4.41. The van der Waals surface area contributed by atoms with Gasteiger partial charge >= 0.3 is 5.97 Å². The molecule has 1 rings (SSSR count). The number of carboxylic acid groups (broad SMARTS) is 1. The molecule has 0 aromatic carbocycles. The molecule has 5 nitrogen and oxygen atoms in total. The van der Waals surface area contributed by atoms with Gasteiger partial charge in [0.2, 0.25) is 0 Å². The van der Waals surface area contributed by atoms with Crippen molar-refractivity contribution in [1.82, 2.24) is 9.88 Å². The fraction of sp³-hybridized carbons (Fsp3) is 0.300. The number of carboxylic acids is 1. The number of amides is 1. The van der Waals surface area contributed by atoms with E-state index in [9.17, 15) is 9.59 Å². The normalized spacial score (nSPS) is 9.50. The molecule has 1 heterocycles. The van der Waals surface area contributed by atoms with Crippen LogP contribution in [0.3, 0.4) is 0 Å². The molecule has 0 saturated heterocycles. The number of hydrogen-bond donors (Lipinski definition) is 1. The van der Waals surface area contributed by atoms with Crippen molar-refractivity contribution in [3.05, 3.63) is 16.1 Å². The van der Waals surface area contributed by atoms with E-state index >= 15 is 0 Å². The maximum absolute atomic E-state index is 11.8. The molecule has 0 spiro atoms. The van der Waals surface area contributed by atoms with Crippen LogP contribution in [0.4, 0.5) is 0 Å². The van der Waals surface area contributed by atoms with Crippen molar-refractivity contribution in [2.24, 2.45) is 0 Å². The smallest absolute Gasteiger partial charge is 0.323 e. The summed E-state index contributed by atoms with van der Waals surface area (Å²) in [5, 5.41) is 11.0. The summed E-state index contributed by atoms with van der Waals surface area (Å²) in [6.45, 7) is 1.31. The van der Waals surface area contributed by atoms with Crippen LogP contribution in [0.2, 0.25) is 0 Å². The van der Waals surface area contributed by atoms with Crippen LogP contribution in [0.1, 0.15) is 15.5 Å². The number of aromatic nitrogens is 1. The fourth-order valence-electron chi connectivity index (χ4n) is 1.10. The number of rotatable bonds is 4. The number of aliphatic carboxylic acids is 1. The van der Waals surface area contributed by atoms with Crippen LogP contribution in [0.25, 0.3) is 0 Å². The minimum Gasteiger partial charge on any atom is -0.480 e. The third-order valence-electron chi connectivity index (χ3n) is 1.73. The predicted octanol–water partition coefficient (Wildman–Crippen LogP) is 0.612. The first kappa shape index (κ1) is 12.2. The van der Waals surface area contributed by atoms with Gasteiger partial charge in [-0.05, 0) is 6.92 Å². The van der Waals surface area contributed by atoms with Gasteiger partial charge in [-0.1, -0.05) is 5.92 Å². The Labute approximate surface area is 96.7 Å². The molecule has 84 valence electrons. The second-order valence-electron chi connectivity index (χ2n) is 3.01. The van der Waals surface area contributed by atoms with Gasteiger partial charge in [0.05, 0.1) is 11.6 Å². The van der Waals surface area contributed by atoms with Gasteiger partial charge in [-0.3, -0.25) is 9.59 Å². The van der Waals surface area contributed by atoms with E-state index in [1.165, 1.54) is 11.3 Å². The van der Waals surface area contributed by atoms with Gasteiger partial charge in [-0.15, -0.1) is 17.8 Å². The number of hydrogen-bond acceptors (Lipinski definition) is 4. The Hall–Kier alpha value is -1.87. The summed E-state index contributed by atoms with van der Waals surface area (Å²) in [6.07, 6.45) is 5.07. The number of nitrogens with zero attached hydrogens (tertiary/aromatic N) is 2. The minimum absolute atomic E-state index is 0.0400. The van der Waals surface area contributed by atoms with Gasteiger partial charge in [0.25, 0.3) is 5.91 Å². The highest BCUT2D eigenvalue weighted by molar-refractivity contribution is 7.09. The monoisotopic (exact) mass is 238 g/mol. The van der Waals surface area contributed by atoms with E-state index in [4.69, 9.17) is 11.5 Å². The lowest BCUT2D eigenvalue weighted by atomic mass is 10.3. The summed E-state index contributed by atoms with van der Waals surface area (Å²) in [4.78, 5) is 27.4. The van der Waals surface area contributed by atoms with Crippen LogP contribution in [0.5, 0.6) is 0 Å². The first-order chi connectivity index (χ1) is 7.54. The average Bonchev–Trinajstić information content (AvgIpc) is 2.62. The lowest BCUT2D eigenvalue weighted by molar-refractivity contribution is -0.137. The average molecular weight is 238 g/mol. The maximum Gasteiger partial charge on any atom is 0.323 e. The highest BCUT2D eigenvalue weighted by atomic mass is 32.1. The molecule has 0 fully saturated rings. The van der Waals surface area contributed by atoms with Crippen molar-refractivity contribution in [2.75, 3.05) is 13.1 Å². The topological polar surface area (TPSA) is 70.5 Å². The second-order valence-corrected chi connectivity index (χ2v) is 4.07. The molecule has 1 aromatic rings. The molecule has 0 aliphatic heterocycles. The van der Waals surface area contributed by atoms with Crippen molar-refractivity contribution in [3.8, 4) is 12.3 Å². The number of carbonyl (C=O) groups excluding carboxylic acids is 1. The Morgan fingerprint density at radius 3 is 2.81 bits per heavy atom. The van der Waals surface area contributed by atoms with Crippen molar-refractivity contribution < 1.29 is 14.7 Å². The van der Waals surface area contributed by atoms with Crippen LogP contribution in [0.15, 0.2) is 5.38 Å². The van der Waals surface area contributed by atoms with Crippen molar-refractivity contribution in [3.63, 3.8) is 0 Å². The van der Waals surface area contributed by atoms with Crippen LogP contribution in [0, 0.1) is 19.3 Å². The van der Waals surface area contributed by atoms with E-state index in [0.717, 1.165) is 9.91 Å². The molecule has 0 saturated carbocycles. The summed E-state index contributed by atoms with van der Waals surface area (Å²) >= 11 is 1.33. The third kappa shape index (κ3) is 3.07. The Morgan fingerprint density at radius 2 is 2.38 bits per heavy atom. The Balaban J connectivity index is 2.83. The van der Waals surface area contributed by atoms with E-state index < -0.39 is 18.4 Å². The van der Waals surface area contributed by atoms with Crippen LogP contribution >= 0.6 is 11.3 Å². The molecule has 0 bridgehead atoms. The number of carbonyl (C=O) groups is 2. The highest BCUT2D eigenvalue weighted by Crippen LogP contribution is 2.10. The summed E-state index contributed by atoms with van der Waals surface area (Å²) < 4.78 is 0. The van der Waals surface area contributed by atoms with E-state index in [1.807, 2.05) is 0 Å². The SMILES string of the molecule is C#CCN(CC(=O)O)C(=O)c1csc(C)n1. The molecular formula is C10H10N2O3S. The molecule has 6 heteroatoms. The predicted molar refractivity (Wildman–Crippen MR) is 59.2 cm³/mol. The Morgan fingerprint density at radius 1 is 1.69 bits per heavy atom. The van der Waals surface area contributed by atoms with E-state index in [-0.39, 0.29) is 12.2 Å². The van der Waals surface area contributed by atoms with Crippen LogP contribution in [-0.2, 0) is 4.79 Å². The molecule has 16 heavy (non-hydrogen) atoms. The number of aryl methyl sites for hydroxylation is 1. The minimum atomic E-state index is -1.10. The molecule has 1 amide bonds. The number of thiazole rings is 1. The van der Waals surface area contributed by atoms with Gasteiger partial charge in [-0.25, -0.2) is 4.98 Å². The number of terminal acetylenes is 1. The summed E-state index contributed by atoms with van der Waals surface area (Å²) in [5.74, 6) is 0.693. The molecule has 0 aliphatic rings. The first-order valence-corrected chi connectivity index (χ1v) is 5.29. The van der Waals surface area contributed by atoms with E-state index in [1.54, 1.807) is 12.3 Å². The second kappa shape index (κ2) is 5.28. The van der Waals surface area contributed by atoms with Gasteiger partial charge in [0.1, 0.15) is 12.2 Å². The van der Waals surface area contributed by atoms with Gasteiger partial charge in [0.15, 0.2) is 0 Å². The van der Waals surface area contributed by atoms with Crippen LogP contribution in [-0.4, -0.2) is 40.0 Å². The summed E-state index contributed by atoms with van der Waals surface area (Å²) in [7, 11) is 0. The van der Waals surface area contributed by atoms with Gasteiger partial charge in [0, 0.05) is 5.38 Å². The zero-order valence-electron chi connectivity index (χ0n) is 8.64. The summed E-state index contributed by atoms with van der Waals surface area (Å²) in [6, 6.07) is 0. The lowest BCUT2D eigenvalue weighted by Gasteiger charge is -2.16. The van der Waals surface area contributed by atoms with Crippen molar-refractivity contribution >= 4 is 23.2 Å². The van der Waals surface area contributed by atoms with Crippen molar-refractivity contribution in [1.29, 1.82) is 0 Å². The zero-order chi connectivity index (χ0) is 12.1. The third-order valence-corrected chi connectivity index (χ3v) is 2.51. The highest BCUT2D eigenvalue weighted by Gasteiger charge is 2.19. The van der Waals surface area contributed by atoms with Gasteiger partial charge in [-0.2, -0.15) is 0 Å². The largest absolute Gasteiger partial charge is 0.480 e. The summed E-state index contributed by atoms with van der Waals surface area (Å²) in [5.41, 5.74) is 0.235. The fourth-order valence-corrected chi connectivity index (χ4v) is 1.68. The van der Waals surface area contributed by atoms with Gasteiger partial charge < -0.3 is 10.0 Å². The van der Waals surface area contributed by atoms with Crippen molar-refractivity contribution in [2.45, 2.75) is 6.92 Å². The maximum atomic E-state index is 11.8. The Kier molecular flexibility index (Phi) is 4.03. The van der Waals surface area contributed by atoms with Crippen LogP contribution < -0.4 is 0 Å². The molecule has 0 radical (unpaired) electrons. The molecule has 0 unspecified atom stereocenters. The van der Waals surface area contributed by atoms with E-state index in [2.05, 4.69) is 10.9 Å². The lowest BCUT2D eigenvalue weighted by Crippen LogP contribution is -2.36. The standard InChI is InChI=1S/C10H10N2O3S/c1-3-4-12(5-9(13)14)10(15)8-6-16-7(2)11-8/h1,6H,4-5H2,2H3,(H,13,14). The molecular weight excluding hydrogens is 228 g/mol. The molecule has 0 aliphatic carbocycles. The zero-order valence-corrected chi connectivity index (χ0v) is 9.45. The van der Waals surface area contributed by atoms with E-state index in [0.29, 0.717) is 0 Å². The Bertz CT molecular complexity index is 447. The quantitative estimate of drug-likeness (QED) is 0.780. The molecule has 0 atom stereocenters. The molecule has 1 aromatic heterocycles.